The van der Waals surface area contributed by atoms with Gasteiger partial charge in [-0.15, -0.1) is 0 Å². The van der Waals surface area contributed by atoms with E-state index in [0.717, 1.165) is 5.56 Å². The summed E-state index contributed by atoms with van der Waals surface area (Å²) < 4.78 is 1.63. The van der Waals surface area contributed by atoms with Gasteiger partial charge in [-0.2, -0.15) is 0 Å². The van der Waals surface area contributed by atoms with Crippen LogP contribution in [0, 0.1) is 10.1 Å². The molecule has 6 heteroatoms. The number of aromatic nitrogens is 2. The summed E-state index contributed by atoms with van der Waals surface area (Å²) >= 11 is 0. The maximum absolute atomic E-state index is 13.1. The van der Waals surface area contributed by atoms with E-state index in [2.05, 4.69) is 4.98 Å². The standard InChI is InChI=1S/C24H19N3O3/c28-24-20-11-5-6-12-21(20)25-23(26(24)17-16-18-8-2-1-3-9-18)15-14-19-10-4-7-13-22(19)27(29)30/h1-15H,16-17H2/b15-14+. The molecule has 1 aromatic heterocycles. The number of hydrogen-bond donors (Lipinski definition) is 0. The molecule has 6 nitrogen and oxygen atoms in total. The lowest BCUT2D eigenvalue weighted by atomic mass is 10.1. The summed E-state index contributed by atoms with van der Waals surface area (Å²) in [6.45, 7) is 0.456. The topological polar surface area (TPSA) is 78.0 Å². The number of para-hydroxylation sites is 2. The van der Waals surface area contributed by atoms with Gasteiger partial charge in [0.1, 0.15) is 5.82 Å². The molecule has 0 unspecified atom stereocenters. The first-order valence-electron chi connectivity index (χ1n) is 9.58. The van der Waals surface area contributed by atoms with Crippen molar-refractivity contribution in [1.82, 2.24) is 9.55 Å². The number of nitro benzene ring substituents is 1. The monoisotopic (exact) mass is 397 g/mol. The van der Waals surface area contributed by atoms with E-state index in [0.29, 0.717) is 35.3 Å². The van der Waals surface area contributed by atoms with Crippen LogP contribution in [-0.4, -0.2) is 14.5 Å². The minimum atomic E-state index is -0.421. The number of nitro groups is 1. The fraction of sp³-hybridized carbons (Fsp3) is 0.0833. The normalized spacial score (nSPS) is 11.2. The number of hydrogen-bond acceptors (Lipinski definition) is 4. The van der Waals surface area contributed by atoms with E-state index in [-0.39, 0.29) is 11.2 Å². The van der Waals surface area contributed by atoms with Crippen LogP contribution in [0.5, 0.6) is 0 Å². The van der Waals surface area contributed by atoms with Crippen LogP contribution in [0.25, 0.3) is 23.1 Å². The number of rotatable bonds is 6. The van der Waals surface area contributed by atoms with Crippen LogP contribution in [0.1, 0.15) is 17.0 Å². The zero-order valence-corrected chi connectivity index (χ0v) is 16.1. The van der Waals surface area contributed by atoms with E-state index in [9.17, 15) is 14.9 Å². The minimum absolute atomic E-state index is 0.00715. The first-order chi connectivity index (χ1) is 14.6. The van der Waals surface area contributed by atoms with E-state index in [4.69, 9.17) is 0 Å². The Kier molecular flexibility index (Phi) is 5.48. The molecule has 0 fully saturated rings. The van der Waals surface area contributed by atoms with Gasteiger partial charge in [0.25, 0.3) is 11.2 Å². The fourth-order valence-corrected chi connectivity index (χ4v) is 3.37. The highest BCUT2D eigenvalue weighted by Crippen LogP contribution is 2.20. The predicted molar refractivity (Wildman–Crippen MR) is 118 cm³/mol. The van der Waals surface area contributed by atoms with Crippen LogP contribution in [0.15, 0.2) is 83.7 Å². The lowest BCUT2D eigenvalue weighted by Gasteiger charge is -2.11. The highest BCUT2D eigenvalue weighted by atomic mass is 16.6. The molecule has 0 saturated heterocycles. The van der Waals surface area contributed by atoms with Gasteiger partial charge >= 0.3 is 0 Å². The van der Waals surface area contributed by atoms with Gasteiger partial charge in [-0.1, -0.05) is 54.6 Å². The van der Waals surface area contributed by atoms with Crippen LogP contribution >= 0.6 is 0 Å². The van der Waals surface area contributed by atoms with Gasteiger partial charge in [0.2, 0.25) is 0 Å². The van der Waals surface area contributed by atoms with Crippen molar-refractivity contribution < 1.29 is 4.92 Å². The van der Waals surface area contributed by atoms with Crippen molar-refractivity contribution in [2.24, 2.45) is 0 Å². The summed E-state index contributed by atoms with van der Waals surface area (Å²) in [7, 11) is 0. The van der Waals surface area contributed by atoms with Crippen molar-refractivity contribution >= 4 is 28.7 Å². The molecule has 0 radical (unpaired) electrons. The Hall–Kier alpha value is -4.06. The predicted octanol–water partition coefficient (Wildman–Crippen LogP) is 4.72. The van der Waals surface area contributed by atoms with E-state index in [1.54, 1.807) is 47.1 Å². The summed E-state index contributed by atoms with van der Waals surface area (Å²) in [5, 5.41) is 11.8. The summed E-state index contributed by atoms with van der Waals surface area (Å²) in [4.78, 5) is 28.7. The number of benzene rings is 3. The Morgan fingerprint density at radius 3 is 2.40 bits per heavy atom. The summed E-state index contributed by atoms with van der Waals surface area (Å²) in [5.74, 6) is 0.466. The van der Waals surface area contributed by atoms with Gasteiger partial charge in [0, 0.05) is 12.6 Å². The van der Waals surface area contributed by atoms with Crippen molar-refractivity contribution in [3.05, 3.63) is 116 Å². The molecule has 0 spiro atoms. The second kappa shape index (κ2) is 8.53. The molecule has 0 bridgehead atoms. The van der Waals surface area contributed by atoms with Gasteiger partial charge in [0.15, 0.2) is 0 Å². The van der Waals surface area contributed by atoms with E-state index >= 15 is 0 Å². The number of nitrogens with zero attached hydrogens (tertiary/aromatic N) is 3. The highest BCUT2D eigenvalue weighted by molar-refractivity contribution is 5.80. The van der Waals surface area contributed by atoms with Gasteiger partial charge in [-0.25, -0.2) is 4.98 Å². The largest absolute Gasteiger partial charge is 0.292 e. The molecule has 30 heavy (non-hydrogen) atoms. The third-order valence-corrected chi connectivity index (χ3v) is 4.90. The van der Waals surface area contributed by atoms with Crippen LogP contribution in [0.2, 0.25) is 0 Å². The van der Waals surface area contributed by atoms with Crippen molar-refractivity contribution in [2.75, 3.05) is 0 Å². The molecular weight excluding hydrogens is 378 g/mol. The van der Waals surface area contributed by atoms with Crippen molar-refractivity contribution in [3.63, 3.8) is 0 Å². The summed E-state index contributed by atoms with van der Waals surface area (Å²) in [5.41, 5.74) is 2.05. The van der Waals surface area contributed by atoms with Gasteiger partial charge in [-0.05, 0) is 42.3 Å². The Morgan fingerprint density at radius 1 is 0.900 bits per heavy atom. The fourth-order valence-electron chi connectivity index (χ4n) is 3.37. The van der Waals surface area contributed by atoms with Crippen molar-refractivity contribution in [2.45, 2.75) is 13.0 Å². The molecule has 0 aliphatic rings. The zero-order chi connectivity index (χ0) is 20.9. The smallest absolute Gasteiger partial charge is 0.276 e. The lowest BCUT2D eigenvalue weighted by Crippen LogP contribution is -2.25. The molecule has 4 rings (SSSR count). The molecule has 148 valence electrons. The maximum atomic E-state index is 13.1. The number of aryl methyl sites for hydroxylation is 1. The first-order valence-corrected chi connectivity index (χ1v) is 9.58. The maximum Gasteiger partial charge on any atom is 0.276 e. The molecule has 0 aliphatic heterocycles. The van der Waals surface area contributed by atoms with Crippen LogP contribution in [0.3, 0.4) is 0 Å². The first kappa shape index (κ1) is 19.3. The quantitative estimate of drug-likeness (QED) is 0.348. The van der Waals surface area contributed by atoms with Crippen LogP contribution in [-0.2, 0) is 13.0 Å². The van der Waals surface area contributed by atoms with E-state index in [1.165, 1.54) is 6.07 Å². The Labute approximate surface area is 172 Å². The van der Waals surface area contributed by atoms with E-state index < -0.39 is 4.92 Å². The lowest BCUT2D eigenvalue weighted by molar-refractivity contribution is -0.385. The Bertz CT molecular complexity index is 1290. The third kappa shape index (κ3) is 4.03. The Morgan fingerprint density at radius 2 is 1.60 bits per heavy atom. The number of fused-ring (bicyclic) bond motifs is 1. The zero-order valence-electron chi connectivity index (χ0n) is 16.1. The van der Waals surface area contributed by atoms with Gasteiger partial charge in [0.05, 0.1) is 21.4 Å². The molecule has 0 saturated carbocycles. The Balaban J connectivity index is 1.78. The SMILES string of the molecule is O=c1c2ccccc2nc(/C=C/c2ccccc2[N+](=O)[O-])n1CCc1ccccc1. The molecule has 1 heterocycles. The highest BCUT2D eigenvalue weighted by Gasteiger charge is 2.12. The van der Waals surface area contributed by atoms with Gasteiger partial charge < -0.3 is 0 Å². The van der Waals surface area contributed by atoms with Crippen LogP contribution in [0.4, 0.5) is 5.69 Å². The molecule has 3 aromatic carbocycles. The summed E-state index contributed by atoms with van der Waals surface area (Å²) in [6.07, 6.45) is 3.97. The molecular formula is C24H19N3O3. The van der Waals surface area contributed by atoms with E-state index in [1.807, 2.05) is 42.5 Å². The molecule has 0 N–H and O–H groups in total. The molecule has 0 amide bonds. The van der Waals surface area contributed by atoms with Gasteiger partial charge in [-0.3, -0.25) is 19.5 Å². The molecule has 0 aliphatic carbocycles. The average molecular weight is 397 g/mol. The molecule has 0 atom stereocenters. The average Bonchev–Trinajstić information content (AvgIpc) is 2.78. The van der Waals surface area contributed by atoms with Crippen molar-refractivity contribution in [1.29, 1.82) is 0 Å². The second-order valence-electron chi connectivity index (χ2n) is 6.83. The van der Waals surface area contributed by atoms with Crippen molar-refractivity contribution in [3.8, 4) is 0 Å². The second-order valence-corrected chi connectivity index (χ2v) is 6.83. The summed E-state index contributed by atoms with van der Waals surface area (Å²) in [6, 6.07) is 23.6. The molecule has 4 aromatic rings. The third-order valence-electron chi connectivity index (χ3n) is 4.90. The minimum Gasteiger partial charge on any atom is -0.292 e. The van der Waals surface area contributed by atoms with Crippen LogP contribution < -0.4 is 5.56 Å².